The van der Waals surface area contributed by atoms with Crippen LogP contribution in [-0.4, -0.2) is 21.2 Å². The Morgan fingerprint density at radius 1 is 1.29 bits per heavy atom. The summed E-state index contributed by atoms with van der Waals surface area (Å²) >= 11 is 18.1. The maximum atomic E-state index is 12.0. The predicted molar refractivity (Wildman–Crippen MR) is 89.4 cm³/mol. The average molecular weight is 361 g/mol. The van der Waals surface area contributed by atoms with Crippen molar-refractivity contribution >= 4 is 62.9 Å². The fraction of sp³-hybridized carbons (Fsp3) is 0.167. The first-order valence-corrected chi connectivity index (χ1v) is 7.87. The summed E-state index contributed by atoms with van der Waals surface area (Å²) in [5, 5.41) is 15.5. The van der Waals surface area contributed by atoms with Gasteiger partial charge in [0, 0.05) is 15.6 Å². The Hall–Kier alpha value is -1.28. The van der Waals surface area contributed by atoms with Crippen molar-refractivity contribution in [2.75, 3.05) is 5.32 Å². The van der Waals surface area contributed by atoms with Gasteiger partial charge in [-0.25, -0.2) is 0 Å². The van der Waals surface area contributed by atoms with Gasteiger partial charge >= 0.3 is 0 Å². The molecule has 2 aromatic rings. The van der Waals surface area contributed by atoms with Gasteiger partial charge in [-0.3, -0.25) is 10.1 Å². The Kier molecular flexibility index (Phi) is 5.46. The minimum Gasteiger partial charge on any atom is -0.307 e. The van der Waals surface area contributed by atoms with Crippen LogP contribution in [-0.2, 0) is 6.42 Å². The van der Waals surface area contributed by atoms with Gasteiger partial charge in [0.15, 0.2) is 5.11 Å². The van der Waals surface area contributed by atoms with Crippen molar-refractivity contribution in [2.24, 2.45) is 0 Å². The number of anilines is 1. The zero-order valence-corrected chi connectivity index (χ0v) is 14.0. The number of rotatable bonds is 3. The first kappa shape index (κ1) is 16.1. The van der Waals surface area contributed by atoms with E-state index in [4.69, 9.17) is 35.4 Å². The van der Waals surface area contributed by atoms with Crippen molar-refractivity contribution < 1.29 is 4.79 Å². The van der Waals surface area contributed by atoms with Gasteiger partial charge in [-0.15, -0.1) is 10.2 Å². The Bertz CT molecular complexity index is 669. The van der Waals surface area contributed by atoms with E-state index in [0.29, 0.717) is 20.7 Å². The zero-order chi connectivity index (χ0) is 15.4. The first-order valence-electron chi connectivity index (χ1n) is 5.88. The molecule has 9 heteroatoms. The van der Waals surface area contributed by atoms with Crippen LogP contribution in [0.25, 0.3) is 0 Å². The van der Waals surface area contributed by atoms with Crippen molar-refractivity contribution in [3.63, 3.8) is 0 Å². The van der Waals surface area contributed by atoms with Crippen molar-refractivity contribution in [2.45, 2.75) is 13.3 Å². The molecule has 2 rings (SSSR count). The van der Waals surface area contributed by atoms with Crippen molar-refractivity contribution in [3.8, 4) is 0 Å². The topological polar surface area (TPSA) is 66.9 Å². The molecule has 0 saturated carbocycles. The quantitative estimate of drug-likeness (QED) is 0.819. The molecular formula is C12H10Cl2N4OS2. The maximum absolute atomic E-state index is 12.0. The number of aryl methyl sites for hydroxylation is 1. The molecule has 1 amide bonds. The van der Waals surface area contributed by atoms with Crippen molar-refractivity contribution in [1.82, 2.24) is 15.5 Å². The highest BCUT2D eigenvalue weighted by atomic mass is 35.5. The number of hydrogen-bond donors (Lipinski definition) is 2. The van der Waals surface area contributed by atoms with E-state index in [0.717, 1.165) is 11.4 Å². The summed E-state index contributed by atoms with van der Waals surface area (Å²) in [6.45, 7) is 1.98. The largest absolute Gasteiger partial charge is 0.307 e. The molecule has 1 heterocycles. The van der Waals surface area contributed by atoms with E-state index < -0.39 is 5.91 Å². The van der Waals surface area contributed by atoms with Gasteiger partial charge in [0.05, 0.1) is 0 Å². The number of hydrogen-bond acceptors (Lipinski definition) is 5. The minimum absolute atomic E-state index is 0.134. The molecule has 0 aliphatic carbocycles. The third-order valence-electron chi connectivity index (χ3n) is 2.34. The monoisotopic (exact) mass is 360 g/mol. The Morgan fingerprint density at radius 2 is 1.95 bits per heavy atom. The highest BCUT2D eigenvalue weighted by Crippen LogP contribution is 2.19. The Labute approximate surface area is 140 Å². The fourth-order valence-corrected chi connectivity index (χ4v) is 2.90. The molecule has 0 aliphatic heterocycles. The molecule has 1 aromatic heterocycles. The predicted octanol–water partition coefficient (Wildman–Crippen LogP) is 3.53. The van der Waals surface area contributed by atoms with Crippen LogP contribution in [0.4, 0.5) is 5.13 Å². The van der Waals surface area contributed by atoms with E-state index in [1.165, 1.54) is 23.5 Å². The molecule has 0 unspecified atom stereocenters. The lowest BCUT2D eigenvalue weighted by molar-refractivity contribution is 0.0977. The van der Waals surface area contributed by atoms with E-state index in [1.807, 2.05) is 6.92 Å². The van der Waals surface area contributed by atoms with Crippen LogP contribution in [0, 0.1) is 0 Å². The molecule has 0 atom stereocenters. The molecule has 2 N–H and O–H groups in total. The van der Waals surface area contributed by atoms with Crippen LogP contribution in [0.1, 0.15) is 22.3 Å². The Morgan fingerprint density at radius 3 is 2.52 bits per heavy atom. The van der Waals surface area contributed by atoms with Crippen molar-refractivity contribution in [1.29, 1.82) is 0 Å². The van der Waals surface area contributed by atoms with Gasteiger partial charge in [0.25, 0.3) is 5.91 Å². The second-order valence-corrected chi connectivity index (χ2v) is 6.26. The number of nitrogens with zero attached hydrogens (tertiary/aromatic N) is 2. The summed E-state index contributed by atoms with van der Waals surface area (Å²) in [5.74, 6) is -0.405. The number of halogens is 2. The summed E-state index contributed by atoms with van der Waals surface area (Å²) in [6.07, 6.45) is 0.791. The van der Waals surface area contributed by atoms with Crippen LogP contribution < -0.4 is 10.6 Å². The van der Waals surface area contributed by atoms with E-state index in [2.05, 4.69) is 20.8 Å². The van der Waals surface area contributed by atoms with Crippen molar-refractivity contribution in [3.05, 3.63) is 38.8 Å². The van der Waals surface area contributed by atoms with Gasteiger partial charge in [-0.2, -0.15) is 0 Å². The lowest BCUT2D eigenvalue weighted by atomic mass is 10.2. The molecular weight excluding hydrogens is 351 g/mol. The van der Waals surface area contributed by atoms with Crippen LogP contribution in [0.3, 0.4) is 0 Å². The summed E-state index contributed by atoms with van der Waals surface area (Å²) in [5.41, 5.74) is 0.322. The maximum Gasteiger partial charge on any atom is 0.257 e. The second-order valence-electron chi connectivity index (χ2n) is 3.92. The van der Waals surface area contributed by atoms with E-state index >= 15 is 0 Å². The standard InChI is InChI=1S/C12H10Cl2N4OS2/c1-2-9-17-18-12(21-9)16-11(20)15-10(19)6-3-7(13)5-8(14)4-6/h3-5H,2H2,1H3,(H2,15,16,18,19,20). The number of carbonyl (C=O) groups excluding carboxylic acids is 1. The van der Waals surface area contributed by atoms with Gasteiger partial charge in [-0.1, -0.05) is 41.5 Å². The Balaban J connectivity index is 2.00. The number of carbonyl (C=O) groups is 1. The summed E-state index contributed by atoms with van der Waals surface area (Å²) in [6, 6.07) is 4.56. The molecule has 0 saturated heterocycles. The highest BCUT2D eigenvalue weighted by Gasteiger charge is 2.11. The van der Waals surface area contributed by atoms with Gasteiger partial charge in [0.2, 0.25) is 5.13 Å². The van der Waals surface area contributed by atoms with Crippen LogP contribution >= 0.6 is 46.8 Å². The van der Waals surface area contributed by atoms with Gasteiger partial charge in [-0.05, 0) is 36.8 Å². The molecule has 5 nitrogen and oxygen atoms in total. The molecule has 1 aromatic carbocycles. The number of benzene rings is 1. The van der Waals surface area contributed by atoms with Crippen LogP contribution in [0.2, 0.25) is 10.0 Å². The fourth-order valence-electron chi connectivity index (χ4n) is 1.44. The van der Waals surface area contributed by atoms with Crippen LogP contribution in [0.5, 0.6) is 0 Å². The minimum atomic E-state index is -0.405. The molecule has 21 heavy (non-hydrogen) atoms. The normalized spacial score (nSPS) is 10.2. The molecule has 0 fully saturated rings. The highest BCUT2D eigenvalue weighted by molar-refractivity contribution is 7.80. The smallest absolute Gasteiger partial charge is 0.257 e. The van der Waals surface area contributed by atoms with Crippen LogP contribution in [0.15, 0.2) is 18.2 Å². The lowest BCUT2D eigenvalue weighted by Gasteiger charge is -2.07. The number of aromatic nitrogens is 2. The molecule has 0 spiro atoms. The first-order chi connectivity index (χ1) is 9.97. The molecule has 110 valence electrons. The zero-order valence-electron chi connectivity index (χ0n) is 10.8. The summed E-state index contributed by atoms with van der Waals surface area (Å²) in [7, 11) is 0. The van der Waals surface area contributed by atoms with E-state index in [1.54, 1.807) is 6.07 Å². The molecule has 0 radical (unpaired) electrons. The summed E-state index contributed by atoms with van der Waals surface area (Å²) in [4.78, 5) is 12.0. The lowest BCUT2D eigenvalue weighted by Crippen LogP contribution is -2.34. The number of nitrogens with one attached hydrogen (secondary N) is 2. The van der Waals surface area contributed by atoms with Gasteiger partial charge < -0.3 is 5.32 Å². The van der Waals surface area contributed by atoms with E-state index in [-0.39, 0.29) is 5.11 Å². The molecule has 0 aliphatic rings. The summed E-state index contributed by atoms with van der Waals surface area (Å²) < 4.78 is 0. The third-order valence-corrected chi connectivity index (χ3v) is 3.97. The number of amides is 1. The molecule has 0 bridgehead atoms. The third kappa shape index (κ3) is 4.60. The SMILES string of the molecule is CCc1nnc(NC(=S)NC(=O)c2cc(Cl)cc(Cl)c2)s1. The number of thiocarbonyl (C=S) groups is 1. The van der Waals surface area contributed by atoms with Gasteiger partial charge in [0.1, 0.15) is 5.01 Å². The second kappa shape index (κ2) is 7.13. The average Bonchev–Trinajstić information content (AvgIpc) is 2.85. The van der Waals surface area contributed by atoms with E-state index in [9.17, 15) is 4.79 Å².